The zero-order chi connectivity index (χ0) is 19.1. The lowest BCUT2D eigenvalue weighted by Crippen LogP contribution is -2.50. The summed E-state index contributed by atoms with van der Waals surface area (Å²) in [6.07, 6.45) is 5.77. The van der Waals surface area contributed by atoms with E-state index in [4.69, 9.17) is 4.74 Å². The molecule has 0 bridgehead atoms. The largest absolute Gasteiger partial charge is 0.492 e. The molecule has 0 N–H and O–H groups in total. The van der Waals surface area contributed by atoms with Crippen molar-refractivity contribution < 1.29 is 13.2 Å². The first kappa shape index (κ1) is 18.5. The molecular formula is C19H26N4O3S. The van der Waals surface area contributed by atoms with Gasteiger partial charge in [-0.2, -0.15) is 5.10 Å². The second kappa shape index (κ2) is 6.92. The maximum absolute atomic E-state index is 12.9. The van der Waals surface area contributed by atoms with Gasteiger partial charge in [0, 0.05) is 44.4 Å². The molecule has 1 saturated heterocycles. The third-order valence-electron chi connectivity index (χ3n) is 5.71. The molecule has 2 aliphatic rings. The third-order valence-corrected chi connectivity index (χ3v) is 7.55. The molecule has 8 heteroatoms. The van der Waals surface area contributed by atoms with Gasteiger partial charge in [-0.25, -0.2) is 12.7 Å². The summed E-state index contributed by atoms with van der Waals surface area (Å²) in [7, 11) is 0.0755. The van der Waals surface area contributed by atoms with Crippen molar-refractivity contribution in [3.63, 3.8) is 0 Å². The third kappa shape index (κ3) is 3.61. The number of benzene rings is 1. The second-order valence-electron chi connectivity index (χ2n) is 7.79. The minimum Gasteiger partial charge on any atom is -0.492 e. The maximum Gasteiger partial charge on any atom is 0.246 e. The molecule has 7 nitrogen and oxygen atoms in total. The lowest BCUT2D eigenvalue weighted by molar-refractivity contribution is 0.0361. The highest BCUT2D eigenvalue weighted by Crippen LogP contribution is 2.38. The number of hydrogen-bond donors (Lipinski definition) is 0. The highest BCUT2D eigenvalue weighted by atomic mass is 32.2. The molecule has 0 unspecified atom stereocenters. The van der Waals surface area contributed by atoms with Gasteiger partial charge < -0.3 is 4.74 Å². The number of piperidine rings is 1. The van der Waals surface area contributed by atoms with Crippen LogP contribution >= 0.6 is 0 Å². The molecule has 3 heterocycles. The van der Waals surface area contributed by atoms with Crippen molar-refractivity contribution in [1.29, 1.82) is 0 Å². The molecule has 1 fully saturated rings. The van der Waals surface area contributed by atoms with Crippen LogP contribution < -0.4 is 4.74 Å². The van der Waals surface area contributed by atoms with Crippen LogP contribution in [0.25, 0.3) is 0 Å². The Morgan fingerprint density at radius 1 is 1.19 bits per heavy atom. The Morgan fingerprint density at radius 2 is 1.93 bits per heavy atom. The molecule has 0 radical (unpaired) electrons. The number of nitrogens with zero attached hydrogens (tertiary/aromatic N) is 4. The molecule has 0 saturated carbocycles. The number of para-hydroxylation sites is 1. The number of aryl methyl sites for hydroxylation is 1. The fraction of sp³-hybridized carbons (Fsp3) is 0.526. The topological polar surface area (TPSA) is 67.7 Å². The molecule has 2 aliphatic heterocycles. The summed E-state index contributed by atoms with van der Waals surface area (Å²) < 4.78 is 35.2. The predicted molar refractivity (Wildman–Crippen MR) is 102 cm³/mol. The molecule has 0 amide bonds. The Bertz CT molecular complexity index is 917. The first-order valence-corrected chi connectivity index (χ1v) is 10.7. The van der Waals surface area contributed by atoms with Crippen molar-refractivity contribution in [2.45, 2.75) is 24.3 Å². The summed E-state index contributed by atoms with van der Waals surface area (Å²) in [6.45, 7) is 3.76. The molecule has 0 aliphatic carbocycles. The molecule has 1 aromatic carbocycles. The average molecular weight is 391 g/mol. The van der Waals surface area contributed by atoms with Crippen LogP contribution in [0.15, 0.2) is 41.6 Å². The van der Waals surface area contributed by atoms with Crippen LogP contribution in [-0.4, -0.2) is 60.7 Å². The summed E-state index contributed by atoms with van der Waals surface area (Å²) in [5, 5.41) is 4.23. The fourth-order valence-electron chi connectivity index (χ4n) is 4.08. The first-order valence-electron chi connectivity index (χ1n) is 9.26. The highest BCUT2D eigenvalue weighted by molar-refractivity contribution is 7.89. The molecule has 0 atom stereocenters. The van der Waals surface area contributed by atoms with Gasteiger partial charge in [0.2, 0.25) is 10.0 Å². The monoisotopic (exact) mass is 390 g/mol. The van der Waals surface area contributed by atoms with Crippen LogP contribution in [0, 0.1) is 5.41 Å². The molecule has 4 rings (SSSR count). The highest BCUT2D eigenvalue weighted by Gasteiger charge is 2.41. The quantitative estimate of drug-likeness (QED) is 0.781. The lowest BCUT2D eigenvalue weighted by atomic mass is 9.79. The molecular weight excluding hydrogens is 364 g/mol. The van der Waals surface area contributed by atoms with Gasteiger partial charge in [0.15, 0.2) is 0 Å². The lowest BCUT2D eigenvalue weighted by Gasteiger charge is -2.44. The van der Waals surface area contributed by atoms with Crippen molar-refractivity contribution in [2.24, 2.45) is 12.5 Å². The van der Waals surface area contributed by atoms with Gasteiger partial charge in [0.05, 0.1) is 12.8 Å². The molecule has 1 aromatic heterocycles. The van der Waals surface area contributed by atoms with Gasteiger partial charge in [-0.05, 0) is 38.1 Å². The van der Waals surface area contributed by atoms with Gasteiger partial charge >= 0.3 is 0 Å². The van der Waals surface area contributed by atoms with E-state index in [1.54, 1.807) is 25.2 Å². The zero-order valence-corrected chi connectivity index (χ0v) is 16.7. The van der Waals surface area contributed by atoms with Gasteiger partial charge in [-0.3, -0.25) is 9.58 Å². The van der Waals surface area contributed by atoms with Crippen LogP contribution in [0.4, 0.5) is 0 Å². The Hall–Kier alpha value is -1.90. The summed E-state index contributed by atoms with van der Waals surface area (Å²) in [5.74, 6) is 0.459. The van der Waals surface area contributed by atoms with E-state index < -0.39 is 10.0 Å². The standard InChI is InChI=1S/C19H26N4O3S/c1-21-12-16(11-20-21)13-23-9-7-19(8-10-23)14-22(2)27(24,25)18-6-4-3-5-17(18)26-15-19/h3-6,11-12H,7-10,13-15H2,1-2H3. The zero-order valence-electron chi connectivity index (χ0n) is 15.8. The fourth-order valence-corrected chi connectivity index (χ4v) is 5.50. The molecule has 2 aromatic rings. The van der Waals surface area contributed by atoms with Crippen molar-refractivity contribution in [3.05, 3.63) is 42.2 Å². The van der Waals surface area contributed by atoms with Gasteiger partial charge in [0.1, 0.15) is 10.6 Å². The van der Waals surface area contributed by atoms with E-state index in [0.29, 0.717) is 18.9 Å². The number of aromatic nitrogens is 2. The Balaban J connectivity index is 1.50. The summed E-state index contributed by atoms with van der Waals surface area (Å²) in [4.78, 5) is 2.67. The predicted octanol–water partition coefficient (Wildman–Crippen LogP) is 1.72. The van der Waals surface area contributed by atoms with Crippen LogP contribution in [0.1, 0.15) is 18.4 Å². The van der Waals surface area contributed by atoms with E-state index in [9.17, 15) is 8.42 Å². The molecule has 146 valence electrons. The van der Waals surface area contributed by atoms with E-state index in [1.165, 1.54) is 9.87 Å². The Labute approximate surface area is 160 Å². The van der Waals surface area contributed by atoms with Gasteiger partial charge in [-0.15, -0.1) is 0 Å². The number of sulfonamides is 1. The van der Waals surface area contributed by atoms with E-state index >= 15 is 0 Å². The van der Waals surface area contributed by atoms with E-state index in [1.807, 2.05) is 30.2 Å². The smallest absolute Gasteiger partial charge is 0.246 e. The van der Waals surface area contributed by atoms with E-state index in [2.05, 4.69) is 10.00 Å². The summed E-state index contributed by atoms with van der Waals surface area (Å²) in [5.41, 5.74) is 1.05. The van der Waals surface area contributed by atoms with Crippen LogP contribution in [-0.2, 0) is 23.6 Å². The summed E-state index contributed by atoms with van der Waals surface area (Å²) in [6, 6.07) is 6.92. The Kier molecular flexibility index (Phi) is 4.73. The number of ether oxygens (including phenoxy) is 1. The first-order chi connectivity index (χ1) is 12.9. The number of hydrogen-bond acceptors (Lipinski definition) is 5. The minimum atomic E-state index is -3.53. The number of rotatable bonds is 2. The van der Waals surface area contributed by atoms with Gasteiger partial charge in [0.25, 0.3) is 0 Å². The Morgan fingerprint density at radius 3 is 2.63 bits per heavy atom. The average Bonchev–Trinajstić information content (AvgIpc) is 3.06. The normalized spacial score (nSPS) is 22.6. The molecule has 27 heavy (non-hydrogen) atoms. The van der Waals surface area contributed by atoms with Crippen LogP contribution in [0.2, 0.25) is 0 Å². The number of fused-ring (bicyclic) bond motifs is 1. The van der Waals surface area contributed by atoms with Crippen molar-refractivity contribution in [1.82, 2.24) is 19.0 Å². The SMILES string of the molecule is CN1CC2(CCN(Cc3cnn(C)c3)CC2)COc2ccccc2S1(=O)=O. The minimum absolute atomic E-state index is 0.152. The maximum atomic E-state index is 12.9. The van der Waals surface area contributed by atoms with Crippen molar-refractivity contribution in [2.75, 3.05) is 33.3 Å². The van der Waals surface area contributed by atoms with Gasteiger partial charge in [-0.1, -0.05) is 12.1 Å². The van der Waals surface area contributed by atoms with Crippen molar-refractivity contribution >= 4 is 10.0 Å². The summed E-state index contributed by atoms with van der Waals surface area (Å²) >= 11 is 0. The van der Waals surface area contributed by atoms with Crippen LogP contribution in [0.5, 0.6) is 5.75 Å². The molecule has 1 spiro atoms. The van der Waals surface area contributed by atoms with E-state index in [0.717, 1.165) is 32.5 Å². The second-order valence-corrected chi connectivity index (χ2v) is 9.81. The van der Waals surface area contributed by atoms with Crippen molar-refractivity contribution in [3.8, 4) is 5.75 Å². The number of likely N-dealkylation sites (tertiary alicyclic amines) is 1. The van der Waals surface area contributed by atoms with Crippen LogP contribution in [0.3, 0.4) is 0 Å². The van der Waals surface area contributed by atoms with E-state index in [-0.39, 0.29) is 10.3 Å².